The van der Waals surface area contributed by atoms with Crippen molar-refractivity contribution in [2.24, 2.45) is 11.7 Å². The first-order chi connectivity index (χ1) is 8.51. The van der Waals surface area contributed by atoms with Gasteiger partial charge in [-0.25, -0.2) is 0 Å². The molecule has 1 fully saturated rings. The Morgan fingerprint density at radius 1 is 1.44 bits per heavy atom. The highest BCUT2D eigenvalue weighted by Gasteiger charge is 2.44. The van der Waals surface area contributed by atoms with Crippen LogP contribution in [0, 0.1) is 5.92 Å². The van der Waals surface area contributed by atoms with Gasteiger partial charge in [0.25, 0.3) is 0 Å². The topological polar surface area (TPSA) is 55.1 Å². The lowest BCUT2D eigenvalue weighted by Crippen LogP contribution is -2.38. The molecular formula is C13H16Cl2N2O. The second-order valence-corrected chi connectivity index (χ2v) is 5.67. The Morgan fingerprint density at radius 2 is 2.06 bits per heavy atom. The third kappa shape index (κ3) is 3.16. The van der Waals surface area contributed by atoms with Gasteiger partial charge >= 0.3 is 0 Å². The quantitative estimate of drug-likeness (QED) is 0.894. The lowest BCUT2D eigenvalue weighted by Gasteiger charge is -2.11. The van der Waals surface area contributed by atoms with E-state index in [-0.39, 0.29) is 23.8 Å². The molecule has 5 heteroatoms. The molecule has 0 aliphatic heterocycles. The first-order valence-corrected chi connectivity index (χ1v) is 6.73. The number of nitrogens with one attached hydrogen (secondary N) is 1. The maximum atomic E-state index is 11.9. The van der Waals surface area contributed by atoms with Crippen molar-refractivity contribution < 1.29 is 4.79 Å². The third-order valence-corrected chi connectivity index (χ3v) is 3.62. The Bertz CT molecular complexity index is 444. The molecule has 0 radical (unpaired) electrons. The second-order valence-electron chi connectivity index (χ2n) is 4.80. The number of benzene rings is 1. The van der Waals surface area contributed by atoms with Crippen molar-refractivity contribution in [3.8, 4) is 0 Å². The van der Waals surface area contributed by atoms with E-state index in [0.717, 1.165) is 12.0 Å². The van der Waals surface area contributed by atoms with Crippen molar-refractivity contribution in [1.82, 2.24) is 5.32 Å². The van der Waals surface area contributed by atoms with Crippen molar-refractivity contribution in [2.45, 2.75) is 25.3 Å². The van der Waals surface area contributed by atoms with Crippen LogP contribution in [-0.4, -0.2) is 18.5 Å². The average Bonchev–Trinajstić information content (AvgIpc) is 3.07. The Hall–Kier alpha value is -0.770. The number of halogens is 2. The Labute approximate surface area is 117 Å². The molecule has 2 rings (SSSR count). The van der Waals surface area contributed by atoms with Gasteiger partial charge in [0.15, 0.2) is 0 Å². The number of hydrogen-bond donors (Lipinski definition) is 2. The van der Waals surface area contributed by atoms with Crippen molar-refractivity contribution in [2.75, 3.05) is 6.54 Å². The zero-order chi connectivity index (χ0) is 13.3. The van der Waals surface area contributed by atoms with Crippen LogP contribution in [0.5, 0.6) is 0 Å². The molecule has 3 atom stereocenters. The van der Waals surface area contributed by atoms with Gasteiger partial charge in [-0.2, -0.15) is 0 Å². The summed E-state index contributed by atoms with van der Waals surface area (Å²) in [5.41, 5.74) is 6.51. The predicted octanol–water partition coefficient (Wildman–Crippen LogP) is 2.56. The van der Waals surface area contributed by atoms with Crippen LogP contribution in [0.3, 0.4) is 0 Å². The summed E-state index contributed by atoms with van der Waals surface area (Å²) in [5, 5.41) is 4.11. The van der Waals surface area contributed by atoms with E-state index in [4.69, 9.17) is 28.9 Å². The van der Waals surface area contributed by atoms with Crippen molar-refractivity contribution >= 4 is 29.1 Å². The van der Waals surface area contributed by atoms with Crippen LogP contribution >= 0.6 is 23.2 Å². The van der Waals surface area contributed by atoms with Gasteiger partial charge in [-0.3, -0.25) is 4.79 Å². The van der Waals surface area contributed by atoms with Gasteiger partial charge in [-0.1, -0.05) is 23.2 Å². The molecule has 18 heavy (non-hydrogen) atoms. The molecule has 1 aromatic rings. The molecule has 1 aromatic carbocycles. The molecule has 2 unspecified atom stereocenters. The van der Waals surface area contributed by atoms with E-state index in [1.165, 1.54) is 0 Å². The highest BCUT2D eigenvalue weighted by molar-refractivity contribution is 6.34. The Kier molecular flexibility index (Phi) is 4.15. The number of rotatable bonds is 4. The SMILES string of the molecule is C[C@@H](CN)NC(=O)C1CC1c1cc(Cl)cc(Cl)c1. The Morgan fingerprint density at radius 3 is 2.61 bits per heavy atom. The van der Waals surface area contributed by atoms with Crippen LogP contribution in [0.2, 0.25) is 10.0 Å². The van der Waals surface area contributed by atoms with E-state index in [1.54, 1.807) is 6.07 Å². The van der Waals surface area contributed by atoms with Crippen molar-refractivity contribution in [1.29, 1.82) is 0 Å². The number of carbonyl (C=O) groups is 1. The Balaban J connectivity index is 2.00. The number of carbonyl (C=O) groups excluding carboxylic acids is 1. The third-order valence-electron chi connectivity index (χ3n) is 3.18. The van der Waals surface area contributed by atoms with Crippen molar-refractivity contribution in [3.63, 3.8) is 0 Å². The molecule has 1 aliphatic rings. The number of hydrogen-bond acceptors (Lipinski definition) is 2. The fourth-order valence-electron chi connectivity index (χ4n) is 2.05. The minimum atomic E-state index is 0.0155. The summed E-state index contributed by atoms with van der Waals surface area (Å²) in [6.07, 6.45) is 0.847. The first kappa shape index (κ1) is 13.7. The van der Waals surface area contributed by atoms with E-state index < -0.39 is 0 Å². The molecule has 3 nitrogen and oxygen atoms in total. The summed E-state index contributed by atoms with van der Waals surface area (Å²) in [4.78, 5) is 11.9. The van der Waals surface area contributed by atoms with Crippen LogP contribution in [0.4, 0.5) is 0 Å². The van der Waals surface area contributed by atoms with Gasteiger partial charge < -0.3 is 11.1 Å². The van der Waals surface area contributed by atoms with Crippen molar-refractivity contribution in [3.05, 3.63) is 33.8 Å². The second kappa shape index (κ2) is 5.47. The van der Waals surface area contributed by atoms with Gasteiger partial charge in [0.05, 0.1) is 0 Å². The van der Waals surface area contributed by atoms with E-state index >= 15 is 0 Å². The van der Waals surface area contributed by atoms with Crippen LogP contribution in [0.15, 0.2) is 18.2 Å². The molecule has 0 aromatic heterocycles. The molecule has 1 aliphatic carbocycles. The van der Waals surface area contributed by atoms with Crippen LogP contribution in [-0.2, 0) is 4.79 Å². The normalized spacial score (nSPS) is 23.6. The van der Waals surface area contributed by atoms with Gasteiger partial charge in [-0.15, -0.1) is 0 Å². The maximum Gasteiger partial charge on any atom is 0.224 e. The lowest BCUT2D eigenvalue weighted by molar-refractivity contribution is -0.122. The predicted molar refractivity (Wildman–Crippen MR) is 74.0 cm³/mol. The minimum Gasteiger partial charge on any atom is -0.352 e. The van der Waals surface area contributed by atoms with E-state index in [2.05, 4.69) is 5.32 Å². The summed E-state index contributed by atoms with van der Waals surface area (Å²) < 4.78 is 0. The molecule has 1 saturated carbocycles. The molecule has 0 saturated heterocycles. The first-order valence-electron chi connectivity index (χ1n) is 5.97. The number of nitrogens with two attached hydrogens (primary N) is 1. The summed E-state index contributed by atoms with van der Waals surface area (Å²) in [5.74, 6) is 0.314. The fourth-order valence-corrected chi connectivity index (χ4v) is 2.59. The van der Waals surface area contributed by atoms with Gasteiger partial charge in [0, 0.05) is 28.5 Å². The zero-order valence-corrected chi connectivity index (χ0v) is 11.6. The molecule has 98 valence electrons. The molecule has 0 heterocycles. The number of amides is 1. The van der Waals surface area contributed by atoms with E-state index in [0.29, 0.717) is 16.6 Å². The lowest BCUT2D eigenvalue weighted by atomic mass is 10.1. The van der Waals surface area contributed by atoms with Gasteiger partial charge in [0.1, 0.15) is 0 Å². The van der Waals surface area contributed by atoms with Gasteiger partial charge in [-0.05, 0) is 43.0 Å². The maximum absolute atomic E-state index is 11.9. The van der Waals surface area contributed by atoms with Gasteiger partial charge in [0.2, 0.25) is 5.91 Å². The van der Waals surface area contributed by atoms with E-state index in [9.17, 15) is 4.79 Å². The highest BCUT2D eigenvalue weighted by Crippen LogP contribution is 2.48. The zero-order valence-electron chi connectivity index (χ0n) is 10.1. The average molecular weight is 287 g/mol. The summed E-state index contributed by atoms with van der Waals surface area (Å²) in [6, 6.07) is 5.46. The summed E-state index contributed by atoms with van der Waals surface area (Å²) in [7, 11) is 0. The molecule has 0 bridgehead atoms. The standard InChI is InChI=1S/C13H16Cl2N2O/c1-7(6-16)17-13(18)12-5-11(12)8-2-9(14)4-10(15)3-8/h2-4,7,11-12H,5-6,16H2,1H3,(H,17,18)/t7-,11?,12?/m0/s1. The minimum absolute atomic E-state index is 0.0155. The fraction of sp³-hybridized carbons (Fsp3) is 0.462. The monoisotopic (exact) mass is 286 g/mol. The van der Waals surface area contributed by atoms with E-state index in [1.807, 2.05) is 19.1 Å². The molecular weight excluding hydrogens is 271 g/mol. The smallest absolute Gasteiger partial charge is 0.224 e. The van der Waals surface area contributed by atoms with Crippen LogP contribution < -0.4 is 11.1 Å². The molecule has 3 N–H and O–H groups in total. The summed E-state index contributed by atoms with van der Waals surface area (Å²) >= 11 is 11.9. The van der Waals surface area contributed by atoms with Crippen LogP contribution in [0.1, 0.15) is 24.8 Å². The highest BCUT2D eigenvalue weighted by atomic mass is 35.5. The largest absolute Gasteiger partial charge is 0.352 e. The molecule has 0 spiro atoms. The van der Waals surface area contributed by atoms with Crippen LogP contribution in [0.25, 0.3) is 0 Å². The summed E-state index contributed by atoms with van der Waals surface area (Å²) in [6.45, 7) is 2.34. The molecule has 1 amide bonds.